The summed E-state index contributed by atoms with van der Waals surface area (Å²) in [5, 5.41) is 15.2. The van der Waals surface area contributed by atoms with Gasteiger partial charge in [-0.1, -0.05) is 66.7 Å². The lowest BCUT2D eigenvalue weighted by Gasteiger charge is -2.38. The summed E-state index contributed by atoms with van der Waals surface area (Å²) in [4.78, 5) is 20.2. The van der Waals surface area contributed by atoms with Crippen molar-refractivity contribution in [1.82, 2.24) is 15.2 Å². The summed E-state index contributed by atoms with van der Waals surface area (Å²) < 4.78 is 6.00. The van der Waals surface area contributed by atoms with Crippen LogP contribution in [0.1, 0.15) is 56.6 Å². The molecule has 1 saturated heterocycles. The number of piperidine rings is 1. The predicted molar refractivity (Wildman–Crippen MR) is 178 cm³/mol. The van der Waals surface area contributed by atoms with Crippen molar-refractivity contribution in [3.05, 3.63) is 108 Å². The third-order valence-electron chi connectivity index (χ3n) is 8.93. The second kappa shape index (κ2) is 16.4. The van der Waals surface area contributed by atoms with E-state index < -0.39 is 6.10 Å². The number of ether oxygens (including phenoxy) is 1. The van der Waals surface area contributed by atoms with E-state index in [2.05, 4.69) is 82.8 Å². The third kappa shape index (κ3) is 9.38. The van der Waals surface area contributed by atoms with Crippen LogP contribution in [0.5, 0.6) is 5.75 Å². The summed E-state index contributed by atoms with van der Waals surface area (Å²) in [6.45, 7) is 3.71. The Morgan fingerprint density at radius 1 is 0.932 bits per heavy atom. The number of hydrogen-bond donors (Lipinski definition) is 2. The summed E-state index contributed by atoms with van der Waals surface area (Å²) in [7, 11) is 0. The molecule has 6 heteroatoms. The zero-order valence-corrected chi connectivity index (χ0v) is 26.0. The number of pyridine rings is 1. The minimum absolute atomic E-state index is 0.00331. The normalized spacial score (nSPS) is 17.9. The Hall–Kier alpha value is -3.74. The summed E-state index contributed by atoms with van der Waals surface area (Å²) >= 11 is 0. The molecule has 1 aromatic heterocycles. The number of amides is 1. The molecular weight excluding hydrogens is 546 g/mol. The molecule has 232 valence electrons. The first-order chi connectivity index (χ1) is 21.5. The minimum atomic E-state index is -0.617. The van der Waals surface area contributed by atoms with E-state index in [0.29, 0.717) is 6.54 Å². The van der Waals surface area contributed by atoms with Gasteiger partial charge in [0.15, 0.2) is 0 Å². The van der Waals surface area contributed by atoms with Gasteiger partial charge in [-0.2, -0.15) is 0 Å². The Morgan fingerprint density at radius 2 is 1.61 bits per heavy atom. The number of aliphatic hydroxyl groups is 1. The lowest BCUT2D eigenvalue weighted by atomic mass is 9.89. The predicted octanol–water partition coefficient (Wildman–Crippen LogP) is 6.61. The molecule has 2 N–H and O–H groups in total. The number of β-amino-alcohol motifs (C(OH)–C–C–N with tert-alkyl or cyclic N) is 1. The number of carbonyl (C=O) groups excluding carboxylic acids is 1. The molecule has 0 radical (unpaired) electrons. The SMILES string of the molecule is C[C@@H]1CC(C(=O)NC(CCCc2ccccc2)CCCc2ccccc2)CCN1CC(O)COc1cccc2ncccc12. The van der Waals surface area contributed by atoms with Gasteiger partial charge >= 0.3 is 0 Å². The van der Waals surface area contributed by atoms with Gasteiger partial charge in [0.2, 0.25) is 5.91 Å². The first kappa shape index (κ1) is 31.7. The highest BCUT2D eigenvalue weighted by Gasteiger charge is 2.31. The van der Waals surface area contributed by atoms with Gasteiger partial charge in [0.1, 0.15) is 18.5 Å². The number of nitrogens with zero attached hydrogens (tertiary/aromatic N) is 2. The van der Waals surface area contributed by atoms with Crippen molar-refractivity contribution >= 4 is 16.8 Å². The molecule has 1 amide bonds. The van der Waals surface area contributed by atoms with Crippen LogP contribution < -0.4 is 10.1 Å². The van der Waals surface area contributed by atoms with Crippen LogP contribution in [-0.4, -0.2) is 58.8 Å². The van der Waals surface area contributed by atoms with Gasteiger partial charge in [0.25, 0.3) is 0 Å². The number of hydrogen-bond acceptors (Lipinski definition) is 5. The van der Waals surface area contributed by atoms with E-state index in [-0.39, 0.29) is 30.5 Å². The maximum absolute atomic E-state index is 13.5. The van der Waals surface area contributed by atoms with Crippen molar-refractivity contribution in [1.29, 1.82) is 0 Å². The summed E-state index contributed by atoms with van der Waals surface area (Å²) in [6.07, 6.45) is 8.92. The number of aryl methyl sites for hydroxylation is 2. The number of nitrogens with one attached hydrogen (secondary N) is 1. The highest BCUT2D eigenvalue weighted by atomic mass is 16.5. The van der Waals surface area contributed by atoms with E-state index in [9.17, 15) is 9.90 Å². The quantitative estimate of drug-likeness (QED) is 0.162. The Labute approximate surface area is 262 Å². The van der Waals surface area contributed by atoms with Crippen LogP contribution >= 0.6 is 0 Å². The van der Waals surface area contributed by atoms with E-state index in [1.807, 2.05) is 30.3 Å². The molecule has 0 aliphatic carbocycles. The summed E-state index contributed by atoms with van der Waals surface area (Å²) in [5.41, 5.74) is 3.58. The lowest BCUT2D eigenvalue weighted by molar-refractivity contribution is -0.128. The van der Waals surface area contributed by atoms with Crippen molar-refractivity contribution in [2.75, 3.05) is 19.7 Å². The highest BCUT2D eigenvalue weighted by Crippen LogP contribution is 2.26. The number of benzene rings is 3. The Kier molecular flexibility index (Phi) is 11.8. The first-order valence-electron chi connectivity index (χ1n) is 16.3. The van der Waals surface area contributed by atoms with Crippen molar-refractivity contribution < 1.29 is 14.6 Å². The van der Waals surface area contributed by atoms with E-state index in [1.165, 1.54) is 11.1 Å². The molecule has 2 heterocycles. The van der Waals surface area contributed by atoms with Crippen LogP contribution in [0.15, 0.2) is 97.2 Å². The average molecular weight is 594 g/mol. The fraction of sp³-hybridized carbons (Fsp3) is 0.421. The number of likely N-dealkylation sites (tertiary alicyclic amines) is 1. The third-order valence-corrected chi connectivity index (χ3v) is 8.93. The van der Waals surface area contributed by atoms with Gasteiger partial charge in [-0.15, -0.1) is 0 Å². The molecule has 6 nitrogen and oxygen atoms in total. The molecule has 5 rings (SSSR count). The molecule has 0 bridgehead atoms. The zero-order valence-electron chi connectivity index (χ0n) is 26.0. The number of fused-ring (bicyclic) bond motifs is 1. The van der Waals surface area contributed by atoms with Crippen molar-refractivity contribution in [2.24, 2.45) is 5.92 Å². The molecule has 1 fully saturated rings. The molecule has 3 atom stereocenters. The van der Waals surface area contributed by atoms with E-state index in [4.69, 9.17) is 4.74 Å². The fourth-order valence-electron chi connectivity index (χ4n) is 6.44. The fourth-order valence-corrected chi connectivity index (χ4v) is 6.44. The van der Waals surface area contributed by atoms with Gasteiger partial charge in [0.05, 0.1) is 5.52 Å². The van der Waals surface area contributed by atoms with Crippen LogP contribution in [0, 0.1) is 5.92 Å². The smallest absolute Gasteiger partial charge is 0.223 e. The highest BCUT2D eigenvalue weighted by molar-refractivity contribution is 5.84. The summed E-state index contributed by atoms with van der Waals surface area (Å²) in [5.74, 6) is 0.929. The maximum atomic E-state index is 13.5. The largest absolute Gasteiger partial charge is 0.490 e. The van der Waals surface area contributed by atoms with Gasteiger partial charge in [0, 0.05) is 36.1 Å². The number of aliphatic hydroxyl groups excluding tert-OH is 1. The van der Waals surface area contributed by atoms with Crippen LogP contribution in [-0.2, 0) is 17.6 Å². The second-order valence-electron chi connectivity index (χ2n) is 12.3. The Bertz CT molecular complexity index is 1380. The lowest BCUT2D eigenvalue weighted by Crippen LogP contribution is -2.49. The van der Waals surface area contributed by atoms with Gasteiger partial charge in [-0.3, -0.25) is 14.7 Å². The molecule has 2 unspecified atom stereocenters. The van der Waals surface area contributed by atoms with Gasteiger partial charge in [-0.25, -0.2) is 0 Å². The zero-order chi connectivity index (χ0) is 30.6. The molecule has 1 aliphatic rings. The van der Waals surface area contributed by atoms with Crippen molar-refractivity contribution in [2.45, 2.75) is 76.5 Å². The molecule has 0 saturated carbocycles. The molecule has 0 spiro atoms. The van der Waals surface area contributed by atoms with Crippen molar-refractivity contribution in [3.63, 3.8) is 0 Å². The van der Waals surface area contributed by atoms with E-state index in [0.717, 1.165) is 74.6 Å². The molecule has 44 heavy (non-hydrogen) atoms. The van der Waals surface area contributed by atoms with Crippen LogP contribution in [0.2, 0.25) is 0 Å². The molecular formula is C38H47N3O3. The molecule has 3 aromatic carbocycles. The topological polar surface area (TPSA) is 74.7 Å². The molecule has 1 aliphatic heterocycles. The number of carbonyl (C=O) groups is 1. The second-order valence-corrected chi connectivity index (χ2v) is 12.3. The van der Waals surface area contributed by atoms with Crippen LogP contribution in [0.4, 0.5) is 0 Å². The monoisotopic (exact) mass is 593 g/mol. The van der Waals surface area contributed by atoms with Crippen LogP contribution in [0.3, 0.4) is 0 Å². The maximum Gasteiger partial charge on any atom is 0.223 e. The van der Waals surface area contributed by atoms with Crippen molar-refractivity contribution in [3.8, 4) is 5.75 Å². The molecule has 4 aromatic rings. The Morgan fingerprint density at radius 3 is 2.27 bits per heavy atom. The average Bonchev–Trinajstić information content (AvgIpc) is 3.05. The van der Waals surface area contributed by atoms with E-state index in [1.54, 1.807) is 6.20 Å². The standard InChI is InChI=1S/C38H47N3O3/c1-29-26-32(23-25-41(29)27-34(42)28-44-37-22-10-21-36-35(37)20-11-24-39-36)38(43)40-33(18-8-16-30-12-4-2-5-13-30)19-9-17-31-14-6-3-7-15-31/h2-7,10-15,20-22,24,29,32-34,42H,8-9,16-19,23,25-28H2,1H3,(H,40,43)/t29-,32?,34?/m1/s1. The van der Waals surface area contributed by atoms with Gasteiger partial charge < -0.3 is 15.2 Å². The Balaban J connectivity index is 1.09. The van der Waals surface area contributed by atoms with Gasteiger partial charge in [-0.05, 0) is 100 Å². The number of rotatable bonds is 15. The summed E-state index contributed by atoms with van der Waals surface area (Å²) in [6, 6.07) is 31.3. The van der Waals surface area contributed by atoms with E-state index >= 15 is 0 Å². The first-order valence-corrected chi connectivity index (χ1v) is 16.3. The number of aromatic nitrogens is 1. The minimum Gasteiger partial charge on any atom is -0.490 e. The van der Waals surface area contributed by atoms with Crippen LogP contribution in [0.25, 0.3) is 10.9 Å².